The number of fused-ring (bicyclic) bond motifs is 3. The van der Waals surface area contributed by atoms with Gasteiger partial charge in [0, 0.05) is 54.4 Å². The monoisotopic (exact) mass is 503 g/mol. The maximum atomic E-state index is 15.7. The summed E-state index contributed by atoms with van der Waals surface area (Å²) in [5.41, 5.74) is 3.04. The Labute approximate surface area is 208 Å². The second kappa shape index (κ2) is 10.5. The summed E-state index contributed by atoms with van der Waals surface area (Å²) >= 11 is 0. The molecule has 3 aromatic rings. The van der Waals surface area contributed by atoms with Crippen LogP contribution in [0.5, 0.6) is 0 Å². The van der Waals surface area contributed by atoms with Crippen LogP contribution in [0.15, 0.2) is 36.4 Å². The predicted octanol–water partition coefficient (Wildman–Crippen LogP) is 4.95. The fourth-order valence-corrected chi connectivity index (χ4v) is 6.01. The summed E-state index contributed by atoms with van der Waals surface area (Å²) in [5.74, 6) is -1.00. The molecule has 2 aliphatic heterocycles. The van der Waals surface area contributed by atoms with Crippen LogP contribution in [0.2, 0.25) is 0 Å². The lowest BCUT2D eigenvalue weighted by Gasteiger charge is -2.41. The van der Waals surface area contributed by atoms with Crippen molar-refractivity contribution in [2.75, 3.05) is 39.5 Å². The molecular formula is C28H33F4N3O. The smallest absolute Gasteiger partial charge is 0.136 e. The molecule has 1 aromatic heterocycles. The van der Waals surface area contributed by atoms with Crippen molar-refractivity contribution in [3.05, 3.63) is 70.4 Å². The first-order chi connectivity index (χ1) is 17.4. The average Bonchev–Trinajstić information content (AvgIpc) is 3.19. The van der Waals surface area contributed by atoms with Gasteiger partial charge in [-0.05, 0) is 61.4 Å². The molecule has 194 valence electrons. The minimum atomic E-state index is -1.52. The minimum absolute atomic E-state index is 0.0959. The van der Waals surface area contributed by atoms with Gasteiger partial charge in [-0.2, -0.15) is 0 Å². The number of alkyl halides is 2. The number of nitrogens with one attached hydrogen (secondary N) is 1. The third-order valence-electron chi connectivity index (χ3n) is 7.70. The van der Waals surface area contributed by atoms with Crippen LogP contribution in [-0.2, 0) is 12.8 Å². The largest absolute Gasteiger partial charge is 0.393 e. The summed E-state index contributed by atoms with van der Waals surface area (Å²) in [6.45, 7) is 3.12. The van der Waals surface area contributed by atoms with Crippen molar-refractivity contribution in [2.45, 2.75) is 44.4 Å². The van der Waals surface area contributed by atoms with Crippen LogP contribution in [-0.4, -0.2) is 71.6 Å². The van der Waals surface area contributed by atoms with E-state index in [1.165, 1.54) is 12.1 Å². The molecule has 0 aliphatic carbocycles. The standard InChI is InChI=1S/C28H33F4N3O/c1-17-9-22-21-5-2-3-6-25(21)33-27(22)28(35(17)15-20(30)16-36)26-23(31)11-18(12-24(26)32)10-19-13-34(14-19)8-4-7-29/h2-3,5-6,11-12,17,19-20,28,33,36H,4,7-10,13-16H2,1H3/t17-,20?,28-/m1/s1. The number of aliphatic hydroxyl groups is 1. The molecule has 1 unspecified atom stereocenters. The maximum absolute atomic E-state index is 15.7. The van der Waals surface area contributed by atoms with Crippen molar-refractivity contribution in [3.8, 4) is 0 Å². The lowest BCUT2D eigenvalue weighted by atomic mass is 9.86. The zero-order valence-electron chi connectivity index (χ0n) is 20.5. The molecule has 0 radical (unpaired) electrons. The molecule has 3 atom stereocenters. The molecular weight excluding hydrogens is 470 g/mol. The van der Waals surface area contributed by atoms with Crippen molar-refractivity contribution in [1.29, 1.82) is 0 Å². The van der Waals surface area contributed by atoms with Crippen molar-refractivity contribution in [2.24, 2.45) is 5.92 Å². The predicted molar refractivity (Wildman–Crippen MR) is 133 cm³/mol. The highest BCUT2D eigenvalue weighted by molar-refractivity contribution is 5.85. The first-order valence-electron chi connectivity index (χ1n) is 12.8. The lowest BCUT2D eigenvalue weighted by Crippen LogP contribution is -2.48. The summed E-state index contributed by atoms with van der Waals surface area (Å²) in [6, 6.07) is 9.53. The summed E-state index contributed by atoms with van der Waals surface area (Å²) in [7, 11) is 0. The lowest BCUT2D eigenvalue weighted by molar-refractivity contribution is 0.0750. The first-order valence-corrected chi connectivity index (χ1v) is 12.8. The number of nitrogens with zero attached hydrogens (tertiary/aromatic N) is 2. The van der Waals surface area contributed by atoms with E-state index < -0.39 is 30.5 Å². The van der Waals surface area contributed by atoms with Gasteiger partial charge in [0.1, 0.15) is 17.8 Å². The van der Waals surface area contributed by atoms with Gasteiger partial charge in [0.05, 0.1) is 19.3 Å². The normalized spacial score (nSPS) is 22.1. The zero-order valence-corrected chi connectivity index (χ0v) is 20.5. The van der Waals surface area contributed by atoms with E-state index in [0.717, 1.165) is 29.6 Å². The van der Waals surface area contributed by atoms with E-state index in [0.29, 0.717) is 37.1 Å². The topological polar surface area (TPSA) is 42.5 Å². The number of likely N-dealkylation sites (tertiary alicyclic amines) is 1. The molecule has 36 heavy (non-hydrogen) atoms. The van der Waals surface area contributed by atoms with Crippen LogP contribution >= 0.6 is 0 Å². The fourth-order valence-electron chi connectivity index (χ4n) is 6.01. The highest BCUT2D eigenvalue weighted by Gasteiger charge is 2.39. The number of para-hydroxylation sites is 1. The molecule has 0 bridgehead atoms. The SMILES string of the molecule is C[C@@H]1Cc2c([nH]c3ccccc23)[C@@H](c2c(F)cc(CC3CN(CCCF)C3)cc2F)N1CC(F)CO. The molecule has 0 amide bonds. The molecule has 0 spiro atoms. The number of aliphatic hydroxyl groups excluding tert-OH is 1. The van der Waals surface area contributed by atoms with Gasteiger partial charge in [0.15, 0.2) is 0 Å². The minimum Gasteiger partial charge on any atom is -0.393 e. The number of aromatic amines is 1. The Bertz CT molecular complexity index is 1190. The molecule has 2 aromatic carbocycles. The van der Waals surface area contributed by atoms with E-state index in [-0.39, 0.29) is 30.7 Å². The van der Waals surface area contributed by atoms with Gasteiger partial charge in [-0.1, -0.05) is 18.2 Å². The number of aromatic nitrogens is 1. The van der Waals surface area contributed by atoms with Gasteiger partial charge in [-0.3, -0.25) is 9.29 Å². The van der Waals surface area contributed by atoms with E-state index in [1.807, 2.05) is 31.2 Å². The second-order valence-corrected chi connectivity index (χ2v) is 10.3. The number of halogens is 4. The third kappa shape index (κ3) is 4.78. The van der Waals surface area contributed by atoms with Gasteiger partial charge in [0.25, 0.3) is 0 Å². The number of hydrogen-bond donors (Lipinski definition) is 2. The van der Waals surface area contributed by atoms with Crippen LogP contribution in [0.4, 0.5) is 17.6 Å². The van der Waals surface area contributed by atoms with Gasteiger partial charge in [-0.25, -0.2) is 13.2 Å². The maximum Gasteiger partial charge on any atom is 0.136 e. The van der Waals surface area contributed by atoms with E-state index in [4.69, 9.17) is 0 Å². The van der Waals surface area contributed by atoms with E-state index in [2.05, 4.69) is 9.88 Å². The average molecular weight is 504 g/mol. The van der Waals surface area contributed by atoms with Gasteiger partial charge in [-0.15, -0.1) is 0 Å². The van der Waals surface area contributed by atoms with E-state index in [1.54, 1.807) is 4.90 Å². The Morgan fingerprint density at radius 3 is 2.56 bits per heavy atom. The molecule has 0 saturated carbocycles. The fraction of sp³-hybridized carbons (Fsp3) is 0.500. The van der Waals surface area contributed by atoms with Crippen molar-refractivity contribution in [3.63, 3.8) is 0 Å². The highest BCUT2D eigenvalue weighted by Crippen LogP contribution is 2.42. The number of H-pyrrole nitrogens is 1. The number of rotatable bonds is 9. The summed E-state index contributed by atoms with van der Waals surface area (Å²) in [5, 5.41) is 10.4. The van der Waals surface area contributed by atoms with Crippen molar-refractivity contribution in [1.82, 2.24) is 14.8 Å². The summed E-state index contributed by atoms with van der Waals surface area (Å²) in [4.78, 5) is 7.27. The van der Waals surface area contributed by atoms with Gasteiger partial charge >= 0.3 is 0 Å². The Hall–Kier alpha value is -2.42. The molecule has 2 N–H and O–H groups in total. The summed E-state index contributed by atoms with van der Waals surface area (Å²) in [6.07, 6.45) is 0.146. The van der Waals surface area contributed by atoms with Crippen LogP contribution in [0.3, 0.4) is 0 Å². The molecule has 1 saturated heterocycles. The van der Waals surface area contributed by atoms with Gasteiger partial charge in [0.2, 0.25) is 0 Å². The Kier molecular flexibility index (Phi) is 7.37. The molecule has 2 aliphatic rings. The van der Waals surface area contributed by atoms with E-state index >= 15 is 8.78 Å². The molecule has 8 heteroatoms. The highest BCUT2D eigenvalue weighted by atomic mass is 19.1. The van der Waals surface area contributed by atoms with Gasteiger partial charge < -0.3 is 15.0 Å². The molecule has 1 fully saturated rings. The third-order valence-corrected chi connectivity index (χ3v) is 7.70. The van der Waals surface area contributed by atoms with Crippen molar-refractivity contribution >= 4 is 10.9 Å². The van der Waals surface area contributed by atoms with Crippen LogP contribution in [0, 0.1) is 17.6 Å². The Morgan fingerprint density at radius 2 is 1.86 bits per heavy atom. The molecule has 5 rings (SSSR count). The molecule has 3 heterocycles. The van der Waals surface area contributed by atoms with Crippen molar-refractivity contribution < 1.29 is 22.7 Å². The molecule has 4 nitrogen and oxygen atoms in total. The zero-order chi connectivity index (χ0) is 25.4. The van der Waals surface area contributed by atoms with Crippen LogP contribution in [0.25, 0.3) is 10.9 Å². The number of hydrogen-bond acceptors (Lipinski definition) is 3. The Balaban J connectivity index is 1.48. The Morgan fingerprint density at radius 1 is 1.14 bits per heavy atom. The van der Waals surface area contributed by atoms with E-state index in [9.17, 15) is 13.9 Å². The van der Waals surface area contributed by atoms with Crippen LogP contribution in [0.1, 0.15) is 41.8 Å². The van der Waals surface area contributed by atoms with Crippen LogP contribution < -0.4 is 0 Å². The second-order valence-electron chi connectivity index (χ2n) is 10.3. The quantitative estimate of drug-likeness (QED) is 0.407. The summed E-state index contributed by atoms with van der Waals surface area (Å²) < 4.78 is 58.2. The number of benzene rings is 2. The first kappa shape index (κ1) is 25.2.